The zero-order valence-corrected chi connectivity index (χ0v) is 17.3. The molecule has 0 aliphatic heterocycles. The molecule has 0 saturated heterocycles. The van der Waals surface area contributed by atoms with Crippen molar-refractivity contribution < 1.29 is 31.9 Å². The van der Waals surface area contributed by atoms with Gasteiger partial charge in [0.25, 0.3) is 12.3 Å². The van der Waals surface area contributed by atoms with Crippen LogP contribution in [-0.4, -0.2) is 41.0 Å². The number of methoxy groups -OCH3 is 1. The fourth-order valence-corrected chi connectivity index (χ4v) is 3.37. The fraction of sp³-hybridized carbons (Fsp3) is 0.412. The predicted octanol–water partition coefficient (Wildman–Crippen LogP) is 4.59. The minimum atomic E-state index is -2.99. The number of hydroxylamine groups is 2. The molecule has 1 amide bonds. The third-order valence-electron chi connectivity index (χ3n) is 4.11. The number of halogens is 6. The summed E-state index contributed by atoms with van der Waals surface area (Å²) < 4.78 is 60.5. The number of nitrogens with zero attached hydrogens (tertiary/aromatic N) is 3. The SMILES string of the molecule is COc1c(F)c(Cl)c(CC(C)N(OC)C(=O)c2cn(C)nc2C(F)F)c(Cl)c1F. The fourth-order valence-electron chi connectivity index (χ4n) is 2.81. The van der Waals surface area contributed by atoms with E-state index in [0.29, 0.717) is 0 Å². The summed E-state index contributed by atoms with van der Waals surface area (Å²) in [6.45, 7) is 1.46. The highest BCUT2D eigenvalue weighted by atomic mass is 35.5. The van der Waals surface area contributed by atoms with Crippen molar-refractivity contribution in [3.63, 3.8) is 0 Å². The molecule has 6 nitrogen and oxygen atoms in total. The number of benzene rings is 1. The Kier molecular flexibility index (Phi) is 7.36. The van der Waals surface area contributed by atoms with Crippen LogP contribution in [0.15, 0.2) is 6.20 Å². The lowest BCUT2D eigenvalue weighted by Crippen LogP contribution is -2.39. The zero-order valence-electron chi connectivity index (χ0n) is 15.8. The quantitative estimate of drug-likeness (QED) is 0.346. The van der Waals surface area contributed by atoms with Crippen molar-refractivity contribution in [3.05, 3.63) is 44.7 Å². The number of amides is 1. The van der Waals surface area contributed by atoms with Crippen molar-refractivity contribution in [3.8, 4) is 5.75 Å². The van der Waals surface area contributed by atoms with Gasteiger partial charge < -0.3 is 4.74 Å². The summed E-state index contributed by atoms with van der Waals surface area (Å²) in [6.07, 6.45) is -2.10. The molecule has 12 heteroatoms. The van der Waals surface area contributed by atoms with Crippen LogP contribution >= 0.6 is 23.2 Å². The molecule has 0 N–H and O–H groups in total. The molecule has 1 aromatic carbocycles. The Morgan fingerprint density at radius 1 is 1.24 bits per heavy atom. The van der Waals surface area contributed by atoms with E-state index in [9.17, 15) is 22.4 Å². The molecule has 1 heterocycles. The van der Waals surface area contributed by atoms with Gasteiger partial charge in [0, 0.05) is 13.2 Å². The molecule has 0 radical (unpaired) electrons. The first-order valence-corrected chi connectivity index (χ1v) is 8.88. The molecule has 0 bridgehead atoms. The van der Waals surface area contributed by atoms with Crippen LogP contribution in [0.2, 0.25) is 10.0 Å². The summed E-state index contributed by atoms with van der Waals surface area (Å²) in [4.78, 5) is 17.8. The molecule has 0 fully saturated rings. The van der Waals surface area contributed by atoms with Crippen LogP contribution < -0.4 is 4.74 Å². The molecule has 1 atom stereocenters. The number of alkyl halides is 2. The van der Waals surface area contributed by atoms with E-state index in [1.165, 1.54) is 14.0 Å². The maximum absolute atomic E-state index is 14.2. The molecule has 1 unspecified atom stereocenters. The summed E-state index contributed by atoms with van der Waals surface area (Å²) in [7, 11) is 3.58. The van der Waals surface area contributed by atoms with E-state index in [1.807, 2.05) is 0 Å². The molecule has 2 rings (SSSR count). The molecule has 1 aromatic heterocycles. The highest BCUT2D eigenvalue weighted by molar-refractivity contribution is 6.36. The third-order valence-corrected chi connectivity index (χ3v) is 4.90. The van der Waals surface area contributed by atoms with Crippen LogP contribution in [0.3, 0.4) is 0 Å². The number of rotatable bonds is 7. The Morgan fingerprint density at radius 2 is 1.79 bits per heavy atom. The number of hydrogen-bond acceptors (Lipinski definition) is 4. The number of carbonyl (C=O) groups is 1. The summed E-state index contributed by atoms with van der Waals surface area (Å²) >= 11 is 11.9. The van der Waals surface area contributed by atoms with E-state index in [4.69, 9.17) is 28.0 Å². The van der Waals surface area contributed by atoms with Crippen molar-refractivity contribution in [1.82, 2.24) is 14.8 Å². The van der Waals surface area contributed by atoms with Crippen LogP contribution in [0.1, 0.15) is 35.0 Å². The van der Waals surface area contributed by atoms with Gasteiger partial charge in [-0.25, -0.2) is 22.6 Å². The van der Waals surface area contributed by atoms with Crippen LogP contribution in [0.25, 0.3) is 0 Å². The average molecular weight is 458 g/mol. The van der Waals surface area contributed by atoms with Gasteiger partial charge in [0.2, 0.25) is 0 Å². The first-order chi connectivity index (χ1) is 13.5. The van der Waals surface area contributed by atoms with Gasteiger partial charge in [0.15, 0.2) is 17.4 Å². The third kappa shape index (κ3) is 4.44. The standard InChI is InChI=1S/C17H17Cl2F4N3O3/c1-7(5-8-10(18)12(20)15(28-3)13(21)11(8)19)26(29-4)17(27)9-6-25(2)24-14(9)16(22)23/h6-7,16H,5H2,1-4H3. The maximum Gasteiger partial charge on any atom is 0.282 e. The van der Waals surface area contributed by atoms with Crippen molar-refractivity contribution >= 4 is 29.1 Å². The summed E-state index contributed by atoms with van der Waals surface area (Å²) in [6, 6.07) is -0.888. The molecule has 0 aliphatic rings. The van der Waals surface area contributed by atoms with Crippen LogP contribution in [0, 0.1) is 11.6 Å². The van der Waals surface area contributed by atoms with E-state index in [2.05, 4.69) is 9.84 Å². The Hall–Kier alpha value is -2.04. The minimum Gasteiger partial charge on any atom is -0.491 e. The second-order valence-electron chi connectivity index (χ2n) is 6.04. The minimum absolute atomic E-state index is 0.133. The van der Waals surface area contributed by atoms with Crippen molar-refractivity contribution in [2.45, 2.75) is 25.8 Å². The van der Waals surface area contributed by atoms with Crippen LogP contribution in [-0.2, 0) is 18.3 Å². The van der Waals surface area contributed by atoms with Crippen LogP contribution in [0.5, 0.6) is 5.75 Å². The van der Waals surface area contributed by atoms with Gasteiger partial charge >= 0.3 is 0 Å². The van der Waals surface area contributed by atoms with Gasteiger partial charge in [0.05, 0.1) is 35.9 Å². The normalized spacial score (nSPS) is 12.4. The Bertz CT molecular complexity index is 895. The Balaban J connectivity index is 2.39. The second kappa shape index (κ2) is 9.19. The largest absolute Gasteiger partial charge is 0.491 e. The van der Waals surface area contributed by atoms with E-state index in [0.717, 1.165) is 30.2 Å². The molecule has 160 valence electrons. The van der Waals surface area contributed by atoms with E-state index in [1.54, 1.807) is 0 Å². The van der Waals surface area contributed by atoms with Crippen molar-refractivity contribution in [2.75, 3.05) is 14.2 Å². The highest BCUT2D eigenvalue weighted by Gasteiger charge is 2.31. The first kappa shape index (κ1) is 23.2. The lowest BCUT2D eigenvalue weighted by atomic mass is 10.0. The molecule has 0 spiro atoms. The molecule has 29 heavy (non-hydrogen) atoms. The van der Waals surface area contributed by atoms with E-state index >= 15 is 0 Å². The Labute approximate surface area is 173 Å². The monoisotopic (exact) mass is 457 g/mol. The lowest BCUT2D eigenvalue weighted by Gasteiger charge is -2.27. The Morgan fingerprint density at radius 3 is 2.24 bits per heavy atom. The molecular formula is C17H17Cl2F4N3O3. The smallest absolute Gasteiger partial charge is 0.282 e. The number of ether oxygens (including phenoxy) is 1. The highest BCUT2D eigenvalue weighted by Crippen LogP contribution is 2.38. The molecule has 2 aromatic rings. The van der Waals surface area contributed by atoms with Gasteiger partial charge in [0.1, 0.15) is 5.69 Å². The number of aryl methyl sites for hydroxylation is 1. The lowest BCUT2D eigenvalue weighted by molar-refractivity contribution is -0.119. The van der Waals surface area contributed by atoms with Gasteiger partial charge in [-0.05, 0) is 18.9 Å². The van der Waals surface area contributed by atoms with Crippen molar-refractivity contribution in [1.29, 1.82) is 0 Å². The van der Waals surface area contributed by atoms with Gasteiger partial charge in [-0.3, -0.25) is 14.3 Å². The molecule has 0 saturated carbocycles. The van der Waals surface area contributed by atoms with Gasteiger partial charge in [-0.1, -0.05) is 23.2 Å². The van der Waals surface area contributed by atoms with Gasteiger partial charge in [-0.15, -0.1) is 0 Å². The summed E-state index contributed by atoms with van der Waals surface area (Å²) in [5, 5.41) is 3.37. The summed E-state index contributed by atoms with van der Waals surface area (Å²) in [5.74, 6) is -3.96. The molecule has 0 aliphatic carbocycles. The average Bonchev–Trinajstić information content (AvgIpc) is 3.07. The summed E-state index contributed by atoms with van der Waals surface area (Å²) in [5.41, 5.74) is -1.23. The molecular weight excluding hydrogens is 441 g/mol. The van der Waals surface area contributed by atoms with E-state index < -0.39 is 51.5 Å². The van der Waals surface area contributed by atoms with Gasteiger partial charge in [-0.2, -0.15) is 5.10 Å². The maximum atomic E-state index is 14.2. The van der Waals surface area contributed by atoms with Crippen LogP contribution in [0.4, 0.5) is 17.6 Å². The topological polar surface area (TPSA) is 56.6 Å². The van der Waals surface area contributed by atoms with E-state index in [-0.39, 0.29) is 17.5 Å². The second-order valence-corrected chi connectivity index (χ2v) is 6.79. The number of carbonyl (C=O) groups excluding carboxylic acids is 1. The number of aromatic nitrogens is 2. The predicted molar refractivity (Wildman–Crippen MR) is 97.4 cm³/mol. The zero-order chi connectivity index (χ0) is 22.0. The number of hydrogen-bond donors (Lipinski definition) is 0. The van der Waals surface area contributed by atoms with Crippen molar-refractivity contribution in [2.24, 2.45) is 7.05 Å². The first-order valence-electron chi connectivity index (χ1n) is 8.13.